The van der Waals surface area contributed by atoms with E-state index in [-0.39, 0.29) is 17.9 Å². The van der Waals surface area contributed by atoms with E-state index in [0.717, 1.165) is 32.2 Å². The van der Waals surface area contributed by atoms with Crippen LogP contribution in [0.25, 0.3) is 0 Å². The van der Waals surface area contributed by atoms with Gasteiger partial charge in [0.2, 0.25) is 5.91 Å². The number of oxime groups is 1. The summed E-state index contributed by atoms with van der Waals surface area (Å²) in [7, 11) is 1.51. The Hall–Kier alpha value is -0.910. The molecule has 2 rings (SSSR count). The summed E-state index contributed by atoms with van der Waals surface area (Å²) in [6.45, 7) is 4.62. The number of ether oxygens (including phenoxy) is 1. The van der Waals surface area contributed by atoms with Crippen LogP contribution in [0.1, 0.15) is 39.5 Å². The van der Waals surface area contributed by atoms with Gasteiger partial charge in [0.25, 0.3) is 0 Å². The monoisotopic (exact) mass is 447 g/mol. The lowest BCUT2D eigenvalue weighted by Gasteiger charge is -2.44. The fourth-order valence-electron chi connectivity index (χ4n) is 4.15. The molecule has 9 nitrogen and oxygen atoms in total. The third-order valence-corrected chi connectivity index (χ3v) is 6.79. The molecule has 2 fully saturated rings. The highest BCUT2D eigenvalue weighted by atomic mass is 32.2. The summed E-state index contributed by atoms with van der Waals surface area (Å²) >= 11 is 1.26. The summed E-state index contributed by atoms with van der Waals surface area (Å²) in [5, 5.41) is 40.9. The molecule has 0 aromatic carbocycles. The molecule has 8 atom stereocenters. The Bertz CT molecular complexity index is 565. The van der Waals surface area contributed by atoms with Crippen LogP contribution in [-0.2, 0) is 14.4 Å². The molecule has 0 aromatic heterocycles. The van der Waals surface area contributed by atoms with Gasteiger partial charge >= 0.3 is 0 Å². The van der Waals surface area contributed by atoms with E-state index in [0.29, 0.717) is 5.92 Å². The van der Waals surface area contributed by atoms with Crippen molar-refractivity contribution in [1.82, 2.24) is 10.6 Å². The van der Waals surface area contributed by atoms with Gasteiger partial charge in [-0.25, -0.2) is 0 Å². The van der Waals surface area contributed by atoms with E-state index in [2.05, 4.69) is 20.6 Å². The lowest BCUT2D eigenvalue weighted by Crippen LogP contribution is -2.65. The number of carbonyl (C=O) groups excluding carboxylic acids is 1. The van der Waals surface area contributed by atoms with Gasteiger partial charge < -0.3 is 35.5 Å². The van der Waals surface area contributed by atoms with Gasteiger partial charge in [-0.15, -0.1) is 11.8 Å². The number of rotatable bonds is 9. The Labute approximate surface area is 183 Å². The molecule has 10 heteroatoms. The van der Waals surface area contributed by atoms with Crippen molar-refractivity contribution in [3.8, 4) is 0 Å². The van der Waals surface area contributed by atoms with Gasteiger partial charge in [0.05, 0.1) is 12.1 Å². The fraction of sp³-hybridized carbons (Fsp3) is 0.900. The van der Waals surface area contributed by atoms with E-state index >= 15 is 0 Å². The van der Waals surface area contributed by atoms with Crippen molar-refractivity contribution >= 4 is 23.9 Å². The van der Waals surface area contributed by atoms with Crippen molar-refractivity contribution in [2.75, 3.05) is 19.9 Å². The molecule has 5 N–H and O–H groups in total. The molecular weight excluding hydrogens is 410 g/mol. The summed E-state index contributed by atoms with van der Waals surface area (Å²) in [6, 6.07) is -0.822. The van der Waals surface area contributed by atoms with Crippen LogP contribution in [0.3, 0.4) is 0 Å². The average Bonchev–Trinajstić information content (AvgIpc) is 2.74. The number of thioether (sulfide) groups is 1. The second-order valence-electron chi connectivity index (χ2n) is 8.40. The van der Waals surface area contributed by atoms with Crippen LogP contribution >= 0.6 is 11.8 Å². The van der Waals surface area contributed by atoms with Crippen LogP contribution in [0.2, 0.25) is 0 Å². The van der Waals surface area contributed by atoms with Crippen molar-refractivity contribution in [1.29, 1.82) is 0 Å². The highest BCUT2D eigenvalue weighted by molar-refractivity contribution is 7.99. The number of hydrogen-bond acceptors (Lipinski definition) is 9. The zero-order chi connectivity index (χ0) is 22.3. The molecule has 2 aliphatic rings. The molecule has 0 unspecified atom stereocenters. The largest absolute Gasteiger partial charge is 0.399 e. The number of nitrogens with one attached hydrogen (secondary N) is 2. The summed E-state index contributed by atoms with van der Waals surface area (Å²) in [5.41, 5.74) is -0.669. The molecule has 0 bridgehead atoms. The molecule has 30 heavy (non-hydrogen) atoms. The summed E-state index contributed by atoms with van der Waals surface area (Å²) in [5.74, 6) is 0.237. The number of aliphatic hydroxyl groups excluding tert-OH is 3. The SMILES string of the molecule is CON=CCC[C@@H]1CCN[C@H](C(=O)N[C@H](C(C)C)[C@H]2O[C@H](SC)[C@H](O)[C@@H](O)[C@H]2O)C1. The van der Waals surface area contributed by atoms with Crippen molar-refractivity contribution in [2.45, 2.75) is 81.5 Å². The van der Waals surface area contributed by atoms with Gasteiger partial charge in [-0.1, -0.05) is 19.0 Å². The number of aliphatic hydroxyl groups is 3. The van der Waals surface area contributed by atoms with E-state index < -0.39 is 35.9 Å². The molecule has 174 valence electrons. The first-order valence-electron chi connectivity index (χ1n) is 10.6. The summed E-state index contributed by atoms with van der Waals surface area (Å²) in [6.07, 6.45) is 2.37. The zero-order valence-corrected chi connectivity index (χ0v) is 19.0. The number of hydrogen-bond donors (Lipinski definition) is 5. The molecule has 2 heterocycles. The molecule has 0 aliphatic carbocycles. The predicted octanol–water partition coefficient (Wildman–Crippen LogP) is 0.0784. The number of carbonyl (C=O) groups is 1. The molecule has 0 spiro atoms. The third-order valence-electron chi connectivity index (χ3n) is 5.93. The first-order valence-corrected chi connectivity index (χ1v) is 11.9. The smallest absolute Gasteiger partial charge is 0.237 e. The second kappa shape index (κ2) is 12.2. The van der Waals surface area contributed by atoms with Crippen LogP contribution in [0.4, 0.5) is 0 Å². The first kappa shape index (κ1) is 25.4. The molecular formula is C20H37N3O6S. The van der Waals surface area contributed by atoms with Gasteiger partial charge in [0.15, 0.2) is 0 Å². The van der Waals surface area contributed by atoms with Gasteiger partial charge in [-0.3, -0.25) is 4.79 Å². The maximum absolute atomic E-state index is 13.0. The quantitative estimate of drug-likeness (QED) is 0.248. The number of nitrogens with zero attached hydrogens (tertiary/aromatic N) is 1. The van der Waals surface area contributed by atoms with Crippen molar-refractivity contribution in [2.24, 2.45) is 17.0 Å². The maximum atomic E-state index is 13.0. The molecule has 0 saturated carbocycles. The van der Waals surface area contributed by atoms with Gasteiger partial charge in [-0.05, 0) is 50.3 Å². The molecule has 2 aliphatic heterocycles. The van der Waals surface area contributed by atoms with E-state index in [1.807, 2.05) is 13.8 Å². The van der Waals surface area contributed by atoms with E-state index in [1.165, 1.54) is 18.9 Å². The predicted molar refractivity (Wildman–Crippen MR) is 116 cm³/mol. The van der Waals surface area contributed by atoms with Crippen LogP contribution in [0, 0.1) is 11.8 Å². The minimum Gasteiger partial charge on any atom is -0.399 e. The van der Waals surface area contributed by atoms with E-state index in [4.69, 9.17) is 4.74 Å². The Kier molecular flexibility index (Phi) is 10.3. The van der Waals surface area contributed by atoms with E-state index in [9.17, 15) is 20.1 Å². The normalized spacial score (nSPS) is 36.1. The topological polar surface area (TPSA) is 133 Å². The van der Waals surface area contributed by atoms with Gasteiger partial charge in [0, 0.05) is 6.21 Å². The van der Waals surface area contributed by atoms with E-state index in [1.54, 1.807) is 12.5 Å². The number of piperidine rings is 1. The highest BCUT2D eigenvalue weighted by Crippen LogP contribution is 2.30. The average molecular weight is 448 g/mol. The molecule has 0 radical (unpaired) electrons. The lowest BCUT2D eigenvalue weighted by molar-refractivity contribution is -0.208. The number of amides is 1. The molecule has 0 aromatic rings. The lowest BCUT2D eigenvalue weighted by atomic mass is 9.86. The highest BCUT2D eigenvalue weighted by Gasteiger charge is 2.47. The Morgan fingerprint density at radius 1 is 1.33 bits per heavy atom. The second-order valence-corrected chi connectivity index (χ2v) is 9.34. The Balaban J connectivity index is 2.00. The standard InChI is InChI=1S/C20H37N3O6S/c1-11(2)14(18-16(25)15(24)17(26)20(29-18)30-4)23-19(27)13-10-12(7-9-21-13)6-5-8-22-28-3/h8,11-18,20-21,24-26H,5-7,9-10H2,1-4H3,(H,23,27)/t12-,13+,14-,15+,16-,17-,18-,20-/m1/s1. The first-order chi connectivity index (χ1) is 14.3. The van der Waals surface area contributed by atoms with Crippen molar-refractivity contribution < 1.29 is 29.7 Å². The van der Waals surface area contributed by atoms with Crippen LogP contribution in [-0.4, -0.2) is 89.3 Å². The van der Waals surface area contributed by atoms with Gasteiger partial charge in [0.1, 0.15) is 37.0 Å². The summed E-state index contributed by atoms with van der Waals surface area (Å²) < 4.78 is 5.88. The third kappa shape index (κ3) is 6.54. The maximum Gasteiger partial charge on any atom is 0.237 e. The van der Waals surface area contributed by atoms with Crippen molar-refractivity contribution in [3.05, 3.63) is 0 Å². The fourth-order valence-corrected chi connectivity index (χ4v) is 4.83. The summed E-state index contributed by atoms with van der Waals surface area (Å²) in [4.78, 5) is 17.7. The Morgan fingerprint density at radius 2 is 2.07 bits per heavy atom. The van der Waals surface area contributed by atoms with Crippen LogP contribution in [0.5, 0.6) is 0 Å². The molecule has 1 amide bonds. The Morgan fingerprint density at radius 3 is 2.70 bits per heavy atom. The molecule has 2 saturated heterocycles. The van der Waals surface area contributed by atoms with Crippen molar-refractivity contribution in [3.63, 3.8) is 0 Å². The van der Waals surface area contributed by atoms with Crippen LogP contribution in [0.15, 0.2) is 5.16 Å². The van der Waals surface area contributed by atoms with Gasteiger partial charge in [-0.2, -0.15) is 0 Å². The van der Waals surface area contributed by atoms with Crippen LogP contribution < -0.4 is 10.6 Å². The minimum atomic E-state index is -1.33. The minimum absolute atomic E-state index is 0.0387. The zero-order valence-electron chi connectivity index (χ0n) is 18.2.